The lowest BCUT2D eigenvalue weighted by molar-refractivity contribution is -0.385. The van der Waals surface area contributed by atoms with E-state index in [0.717, 1.165) is 16.9 Å². The first-order valence-corrected chi connectivity index (χ1v) is 9.51. The second-order valence-corrected chi connectivity index (χ2v) is 6.43. The molecule has 1 amide bonds. The van der Waals surface area contributed by atoms with Crippen molar-refractivity contribution >= 4 is 11.6 Å². The number of hydrogen-bond donors (Lipinski definition) is 1. The van der Waals surface area contributed by atoms with Crippen LogP contribution < -0.4 is 14.8 Å². The summed E-state index contributed by atoms with van der Waals surface area (Å²) in [5.41, 5.74) is 1.60. The number of carbonyl (C=O) groups excluding carboxylic acids is 1. The van der Waals surface area contributed by atoms with E-state index in [1.165, 1.54) is 12.1 Å². The van der Waals surface area contributed by atoms with Gasteiger partial charge in [0, 0.05) is 6.07 Å². The van der Waals surface area contributed by atoms with Crippen LogP contribution in [0.2, 0.25) is 0 Å². The Labute approximate surface area is 174 Å². The van der Waals surface area contributed by atoms with E-state index in [1.807, 2.05) is 61.5 Å². The lowest BCUT2D eigenvalue weighted by Gasteiger charge is -2.20. The molecule has 0 aliphatic heterocycles. The van der Waals surface area contributed by atoms with E-state index in [1.54, 1.807) is 12.1 Å². The average Bonchev–Trinajstić information content (AvgIpc) is 2.77. The first-order valence-electron chi connectivity index (χ1n) is 9.51. The molecule has 0 fully saturated rings. The molecule has 0 saturated heterocycles. The van der Waals surface area contributed by atoms with Crippen molar-refractivity contribution < 1.29 is 19.2 Å². The molecule has 0 heterocycles. The number of hydrogen-bond acceptors (Lipinski definition) is 5. The first-order chi connectivity index (χ1) is 14.6. The van der Waals surface area contributed by atoms with Gasteiger partial charge in [0.15, 0.2) is 12.4 Å². The van der Waals surface area contributed by atoms with Crippen LogP contribution in [-0.2, 0) is 4.79 Å². The Hall–Kier alpha value is -3.87. The number of rotatable bonds is 9. The Morgan fingerprint density at radius 2 is 1.57 bits per heavy atom. The van der Waals surface area contributed by atoms with Gasteiger partial charge in [-0.25, -0.2) is 0 Å². The fraction of sp³-hybridized carbons (Fsp3) is 0.174. The Morgan fingerprint density at radius 1 is 0.933 bits per heavy atom. The topological polar surface area (TPSA) is 90.7 Å². The van der Waals surface area contributed by atoms with Gasteiger partial charge < -0.3 is 14.8 Å². The second-order valence-electron chi connectivity index (χ2n) is 6.43. The van der Waals surface area contributed by atoms with E-state index in [2.05, 4.69) is 5.32 Å². The number of nitro groups is 1. The van der Waals surface area contributed by atoms with Crippen molar-refractivity contribution in [1.29, 1.82) is 0 Å². The number of carbonyl (C=O) groups is 1. The van der Waals surface area contributed by atoms with Crippen LogP contribution in [0.1, 0.15) is 24.1 Å². The molecule has 0 aliphatic rings. The summed E-state index contributed by atoms with van der Waals surface area (Å²) >= 11 is 0. The van der Waals surface area contributed by atoms with Gasteiger partial charge in [-0.15, -0.1) is 0 Å². The Morgan fingerprint density at radius 3 is 2.23 bits per heavy atom. The van der Waals surface area contributed by atoms with Crippen LogP contribution in [0.25, 0.3) is 0 Å². The van der Waals surface area contributed by atoms with Gasteiger partial charge in [0.2, 0.25) is 0 Å². The van der Waals surface area contributed by atoms with Crippen molar-refractivity contribution in [2.24, 2.45) is 0 Å². The van der Waals surface area contributed by atoms with Crippen LogP contribution >= 0.6 is 0 Å². The maximum Gasteiger partial charge on any atom is 0.310 e. The minimum absolute atomic E-state index is 0.0509. The summed E-state index contributed by atoms with van der Waals surface area (Å²) in [6, 6.07) is 22.6. The highest BCUT2D eigenvalue weighted by Crippen LogP contribution is 2.26. The molecule has 1 N–H and O–H groups in total. The average molecular weight is 406 g/mol. The van der Waals surface area contributed by atoms with E-state index in [4.69, 9.17) is 9.47 Å². The largest absolute Gasteiger partial charge is 0.494 e. The van der Waals surface area contributed by atoms with E-state index >= 15 is 0 Å². The Kier molecular flexibility index (Phi) is 7.00. The third kappa shape index (κ3) is 5.35. The SMILES string of the molecule is CCOc1ccc(C(NC(=O)COc2ccccc2[N+](=O)[O-])c2ccccc2)cc1. The molecule has 3 rings (SSSR count). The van der Waals surface area contributed by atoms with Crippen molar-refractivity contribution in [1.82, 2.24) is 5.32 Å². The van der Waals surface area contributed by atoms with Crippen molar-refractivity contribution in [3.05, 3.63) is 100 Å². The predicted molar refractivity (Wildman–Crippen MR) is 113 cm³/mol. The van der Waals surface area contributed by atoms with Crippen molar-refractivity contribution in [3.8, 4) is 11.5 Å². The van der Waals surface area contributed by atoms with Gasteiger partial charge in [-0.2, -0.15) is 0 Å². The normalized spacial score (nSPS) is 11.4. The third-order valence-electron chi connectivity index (χ3n) is 4.38. The van der Waals surface area contributed by atoms with Crippen molar-refractivity contribution in [2.75, 3.05) is 13.2 Å². The Bertz CT molecular complexity index is 990. The number of para-hydroxylation sites is 2. The zero-order valence-electron chi connectivity index (χ0n) is 16.5. The van der Waals surface area contributed by atoms with Crippen LogP contribution in [-0.4, -0.2) is 24.0 Å². The zero-order valence-corrected chi connectivity index (χ0v) is 16.5. The highest BCUT2D eigenvalue weighted by molar-refractivity contribution is 5.78. The number of ether oxygens (including phenoxy) is 2. The van der Waals surface area contributed by atoms with E-state index < -0.39 is 16.9 Å². The van der Waals surface area contributed by atoms with Gasteiger partial charge in [0.25, 0.3) is 5.91 Å². The first kappa shape index (κ1) is 20.9. The quantitative estimate of drug-likeness (QED) is 0.423. The zero-order chi connectivity index (χ0) is 21.3. The summed E-state index contributed by atoms with van der Waals surface area (Å²) in [7, 11) is 0. The van der Waals surface area contributed by atoms with Gasteiger partial charge in [0.05, 0.1) is 17.6 Å². The van der Waals surface area contributed by atoms with E-state index in [0.29, 0.717) is 6.61 Å². The smallest absolute Gasteiger partial charge is 0.310 e. The standard InChI is InChI=1S/C23H22N2O5/c1-2-29-19-14-12-18(13-15-19)23(17-8-4-3-5-9-17)24-22(26)16-30-21-11-7-6-10-20(21)25(27)28/h3-15,23H,2,16H2,1H3,(H,24,26). The molecule has 0 spiro atoms. The lowest BCUT2D eigenvalue weighted by atomic mass is 9.98. The molecular formula is C23H22N2O5. The van der Waals surface area contributed by atoms with Gasteiger partial charge in [-0.1, -0.05) is 54.6 Å². The number of benzene rings is 3. The van der Waals surface area contributed by atoms with E-state index in [-0.39, 0.29) is 18.0 Å². The number of amides is 1. The predicted octanol–water partition coefficient (Wildman–Crippen LogP) is 4.28. The monoisotopic (exact) mass is 406 g/mol. The summed E-state index contributed by atoms with van der Waals surface area (Å²) in [4.78, 5) is 23.2. The van der Waals surface area contributed by atoms with Gasteiger partial charge >= 0.3 is 5.69 Å². The second kappa shape index (κ2) is 10.1. The van der Waals surface area contributed by atoms with Gasteiger partial charge in [0.1, 0.15) is 5.75 Å². The molecule has 0 radical (unpaired) electrons. The van der Waals surface area contributed by atoms with Crippen molar-refractivity contribution in [3.63, 3.8) is 0 Å². The number of nitrogens with zero attached hydrogens (tertiary/aromatic N) is 1. The highest BCUT2D eigenvalue weighted by atomic mass is 16.6. The fourth-order valence-corrected chi connectivity index (χ4v) is 3.00. The molecule has 7 heteroatoms. The van der Waals surface area contributed by atoms with Gasteiger partial charge in [-0.3, -0.25) is 14.9 Å². The van der Waals surface area contributed by atoms with E-state index in [9.17, 15) is 14.9 Å². The minimum atomic E-state index is -0.542. The maximum atomic E-state index is 12.6. The molecule has 0 bridgehead atoms. The minimum Gasteiger partial charge on any atom is -0.494 e. The van der Waals surface area contributed by atoms with Gasteiger partial charge in [-0.05, 0) is 36.2 Å². The molecular weight excluding hydrogens is 384 g/mol. The molecule has 3 aromatic rings. The van der Waals surface area contributed by atoms with Crippen LogP contribution in [0.15, 0.2) is 78.9 Å². The molecule has 154 valence electrons. The van der Waals surface area contributed by atoms with Crippen LogP contribution in [0.3, 0.4) is 0 Å². The molecule has 3 aromatic carbocycles. The number of nitro benzene ring substituents is 1. The summed E-state index contributed by atoms with van der Waals surface area (Å²) in [6.07, 6.45) is 0. The van der Waals surface area contributed by atoms with Crippen molar-refractivity contribution in [2.45, 2.75) is 13.0 Å². The lowest BCUT2D eigenvalue weighted by Crippen LogP contribution is -2.33. The maximum absolute atomic E-state index is 12.6. The molecule has 0 aromatic heterocycles. The molecule has 1 unspecified atom stereocenters. The molecule has 30 heavy (non-hydrogen) atoms. The number of nitrogens with one attached hydrogen (secondary N) is 1. The van der Waals surface area contributed by atoms with Crippen LogP contribution in [0.5, 0.6) is 11.5 Å². The summed E-state index contributed by atoms with van der Waals surface area (Å²) in [5, 5.41) is 14.0. The van der Waals surface area contributed by atoms with Crippen LogP contribution in [0.4, 0.5) is 5.69 Å². The molecule has 0 saturated carbocycles. The molecule has 0 aliphatic carbocycles. The third-order valence-corrected chi connectivity index (χ3v) is 4.38. The highest BCUT2D eigenvalue weighted by Gasteiger charge is 2.19. The molecule has 7 nitrogen and oxygen atoms in total. The fourth-order valence-electron chi connectivity index (χ4n) is 3.00. The Balaban J connectivity index is 1.75. The molecule has 1 atom stereocenters. The summed E-state index contributed by atoms with van der Waals surface area (Å²) < 4.78 is 10.9. The summed E-state index contributed by atoms with van der Waals surface area (Å²) in [5.74, 6) is 0.407. The van der Waals surface area contributed by atoms with Crippen LogP contribution in [0, 0.1) is 10.1 Å². The summed E-state index contributed by atoms with van der Waals surface area (Å²) in [6.45, 7) is 2.14.